The SMILES string of the molecule is C[C@]12CCC(=O)N1[C@H](C(=O)Nc1ccc(CC#N)cc1)CS2. The van der Waals surface area contributed by atoms with Crippen LogP contribution in [0.15, 0.2) is 24.3 Å². The van der Waals surface area contributed by atoms with Crippen LogP contribution in [0.1, 0.15) is 25.3 Å². The maximum atomic E-state index is 12.5. The predicted molar refractivity (Wildman–Crippen MR) is 85.1 cm³/mol. The van der Waals surface area contributed by atoms with Crippen LogP contribution in [0.5, 0.6) is 0 Å². The van der Waals surface area contributed by atoms with Crippen LogP contribution in [-0.4, -0.2) is 33.4 Å². The first kappa shape index (κ1) is 14.9. The Morgan fingerprint density at radius 2 is 2.23 bits per heavy atom. The number of fused-ring (bicyclic) bond motifs is 1. The van der Waals surface area contributed by atoms with E-state index in [9.17, 15) is 9.59 Å². The molecular formula is C16H17N3O2S. The smallest absolute Gasteiger partial charge is 0.248 e. The van der Waals surface area contributed by atoms with Crippen LogP contribution in [0.3, 0.4) is 0 Å². The fraction of sp³-hybridized carbons (Fsp3) is 0.438. The lowest BCUT2D eigenvalue weighted by molar-refractivity contribution is -0.135. The highest BCUT2D eigenvalue weighted by Crippen LogP contribution is 2.47. The first-order valence-corrected chi connectivity index (χ1v) is 8.25. The molecule has 1 aromatic carbocycles. The standard InChI is InChI=1S/C16H17N3O2S/c1-16-8-6-14(20)19(16)13(10-22-16)15(21)18-12-4-2-11(3-5-12)7-9-17/h2-5,13H,6-8,10H2,1H3,(H,18,21)/t13-,16-/m0/s1. The zero-order chi connectivity index (χ0) is 15.7. The van der Waals surface area contributed by atoms with E-state index >= 15 is 0 Å². The summed E-state index contributed by atoms with van der Waals surface area (Å²) in [5, 5.41) is 11.5. The van der Waals surface area contributed by atoms with Crippen molar-refractivity contribution in [3.05, 3.63) is 29.8 Å². The van der Waals surface area contributed by atoms with E-state index in [0.29, 0.717) is 24.3 Å². The average Bonchev–Trinajstić information content (AvgIpc) is 2.98. The summed E-state index contributed by atoms with van der Waals surface area (Å²) < 4.78 is 0. The molecule has 2 atom stereocenters. The van der Waals surface area contributed by atoms with Gasteiger partial charge in [0.05, 0.1) is 17.4 Å². The van der Waals surface area contributed by atoms with Gasteiger partial charge in [0.2, 0.25) is 11.8 Å². The van der Waals surface area contributed by atoms with E-state index in [0.717, 1.165) is 12.0 Å². The third-order valence-corrected chi connectivity index (χ3v) is 5.76. The fourth-order valence-electron chi connectivity index (χ4n) is 3.04. The molecule has 1 aromatic rings. The Morgan fingerprint density at radius 3 is 2.91 bits per heavy atom. The topological polar surface area (TPSA) is 73.2 Å². The lowest BCUT2D eigenvalue weighted by atomic mass is 10.1. The molecule has 2 heterocycles. The van der Waals surface area contributed by atoms with Gasteiger partial charge in [0.25, 0.3) is 0 Å². The van der Waals surface area contributed by atoms with Gasteiger partial charge in [-0.15, -0.1) is 11.8 Å². The van der Waals surface area contributed by atoms with Crippen molar-refractivity contribution in [1.82, 2.24) is 4.90 Å². The van der Waals surface area contributed by atoms with Gasteiger partial charge in [-0.2, -0.15) is 5.26 Å². The molecule has 2 aliphatic rings. The van der Waals surface area contributed by atoms with Crippen molar-refractivity contribution >= 4 is 29.3 Å². The van der Waals surface area contributed by atoms with Crippen molar-refractivity contribution in [2.75, 3.05) is 11.1 Å². The Morgan fingerprint density at radius 1 is 1.50 bits per heavy atom. The number of carbonyl (C=O) groups excluding carboxylic acids is 2. The molecule has 3 rings (SSSR count). The second kappa shape index (κ2) is 5.65. The number of thioether (sulfide) groups is 1. The predicted octanol–water partition coefficient (Wildman–Crippen LogP) is 2.15. The summed E-state index contributed by atoms with van der Waals surface area (Å²) >= 11 is 1.68. The number of benzene rings is 1. The summed E-state index contributed by atoms with van der Waals surface area (Å²) in [7, 11) is 0. The number of nitrogens with zero attached hydrogens (tertiary/aromatic N) is 2. The van der Waals surface area contributed by atoms with Crippen LogP contribution in [0.4, 0.5) is 5.69 Å². The number of anilines is 1. The number of hydrogen-bond acceptors (Lipinski definition) is 4. The Labute approximate surface area is 133 Å². The van der Waals surface area contributed by atoms with Gasteiger partial charge < -0.3 is 10.2 Å². The van der Waals surface area contributed by atoms with Crippen molar-refractivity contribution < 1.29 is 9.59 Å². The molecule has 1 N–H and O–H groups in total. The summed E-state index contributed by atoms with van der Waals surface area (Å²) in [6.07, 6.45) is 1.69. The Hall–Kier alpha value is -2.00. The lowest BCUT2D eigenvalue weighted by Crippen LogP contribution is -2.48. The molecule has 2 saturated heterocycles. The second-order valence-corrected chi connectivity index (χ2v) is 7.29. The van der Waals surface area contributed by atoms with Crippen molar-refractivity contribution in [3.63, 3.8) is 0 Å². The highest BCUT2D eigenvalue weighted by molar-refractivity contribution is 8.01. The number of hydrogen-bond donors (Lipinski definition) is 1. The lowest BCUT2D eigenvalue weighted by Gasteiger charge is -2.29. The van der Waals surface area contributed by atoms with Crippen molar-refractivity contribution in [2.45, 2.75) is 37.1 Å². The van der Waals surface area contributed by atoms with Gasteiger partial charge >= 0.3 is 0 Å². The van der Waals surface area contributed by atoms with Crippen LogP contribution < -0.4 is 5.32 Å². The van der Waals surface area contributed by atoms with Crippen molar-refractivity contribution in [1.29, 1.82) is 5.26 Å². The van der Waals surface area contributed by atoms with E-state index in [1.807, 2.05) is 19.1 Å². The summed E-state index contributed by atoms with van der Waals surface area (Å²) in [4.78, 5) is 26.1. The molecule has 0 bridgehead atoms. The van der Waals surface area contributed by atoms with Gasteiger partial charge in [-0.05, 0) is 31.0 Å². The number of amides is 2. The Bertz CT molecular complexity index is 652. The normalized spacial score (nSPS) is 26.6. The van der Waals surface area contributed by atoms with E-state index in [1.54, 1.807) is 28.8 Å². The highest BCUT2D eigenvalue weighted by Gasteiger charge is 2.52. The molecule has 0 unspecified atom stereocenters. The molecule has 0 saturated carbocycles. The van der Waals surface area contributed by atoms with Crippen LogP contribution in [0, 0.1) is 11.3 Å². The molecule has 0 spiro atoms. The summed E-state index contributed by atoms with van der Waals surface area (Å²) in [5.41, 5.74) is 1.61. The zero-order valence-corrected chi connectivity index (χ0v) is 13.2. The van der Waals surface area contributed by atoms with Crippen LogP contribution in [0.25, 0.3) is 0 Å². The van der Waals surface area contributed by atoms with Gasteiger partial charge in [0.1, 0.15) is 6.04 Å². The summed E-state index contributed by atoms with van der Waals surface area (Å²) in [6, 6.07) is 8.92. The van der Waals surface area contributed by atoms with E-state index in [2.05, 4.69) is 11.4 Å². The van der Waals surface area contributed by atoms with Gasteiger partial charge in [0.15, 0.2) is 0 Å². The third kappa shape index (κ3) is 2.57. The average molecular weight is 315 g/mol. The minimum atomic E-state index is -0.399. The molecule has 5 nitrogen and oxygen atoms in total. The molecule has 2 aliphatic heterocycles. The van der Waals surface area contributed by atoms with E-state index in [1.165, 1.54) is 0 Å². The molecule has 0 aromatic heterocycles. The highest BCUT2D eigenvalue weighted by atomic mass is 32.2. The molecular weight excluding hydrogens is 298 g/mol. The minimum absolute atomic E-state index is 0.0667. The monoisotopic (exact) mass is 315 g/mol. The Balaban J connectivity index is 1.70. The van der Waals surface area contributed by atoms with E-state index < -0.39 is 6.04 Å². The minimum Gasteiger partial charge on any atom is -0.324 e. The van der Waals surface area contributed by atoms with Gasteiger partial charge in [-0.3, -0.25) is 9.59 Å². The largest absolute Gasteiger partial charge is 0.324 e. The number of nitriles is 1. The second-order valence-electron chi connectivity index (χ2n) is 5.79. The quantitative estimate of drug-likeness (QED) is 0.927. The Kier molecular flexibility index (Phi) is 3.83. The summed E-state index contributed by atoms with van der Waals surface area (Å²) in [6.45, 7) is 2.03. The number of rotatable bonds is 3. The molecule has 6 heteroatoms. The maximum absolute atomic E-state index is 12.5. The van der Waals surface area contributed by atoms with Gasteiger partial charge in [-0.25, -0.2) is 0 Å². The van der Waals surface area contributed by atoms with Crippen LogP contribution >= 0.6 is 11.8 Å². The molecule has 0 aliphatic carbocycles. The molecule has 22 heavy (non-hydrogen) atoms. The fourth-order valence-corrected chi connectivity index (χ4v) is 4.47. The van der Waals surface area contributed by atoms with Crippen LogP contribution in [-0.2, 0) is 16.0 Å². The molecule has 2 amide bonds. The van der Waals surface area contributed by atoms with Crippen molar-refractivity contribution in [2.24, 2.45) is 0 Å². The molecule has 2 fully saturated rings. The molecule has 0 radical (unpaired) electrons. The third-order valence-electron chi connectivity index (χ3n) is 4.25. The number of carbonyl (C=O) groups is 2. The van der Waals surface area contributed by atoms with E-state index in [4.69, 9.17) is 5.26 Å². The van der Waals surface area contributed by atoms with Gasteiger partial charge in [0, 0.05) is 17.9 Å². The zero-order valence-electron chi connectivity index (χ0n) is 12.3. The molecule has 114 valence electrons. The van der Waals surface area contributed by atoms with Gasteiger partial charge in [-0.1, -0.05) is 12.1 Å². The summed E-state index contributed by atoms with van der Waals surface area (Å²) in [5.74, 6) is 0.567. The van der Waals surface area contributed by atoms with Crippen LogP contribution in [0.2, 0.25) is 0 Å². The number of nitrogens with one attached hydrogen (secondary N) is 1. The van der Waals surface area contributed by atoms with E-state index in [-0.39, 0.29) is 16.7 Å². The maximum Gasteiger partial charge on any atom is 0.248 e. The first-order chi connectivity index (χ1) is 10.5. The first-order valence-electron chi connectivity index (χ1n) is 7.26. The van der Waals surface area contributed by atoms with Crippen molar-refractivity contribution in [3.8, 4) is 6.07 Å².